The van der Waals surface area contributed by atoms with E-state index in [0.717, 1.165) is 30.0 Å². The maximum Gasteiger partial charge on any atom is 0.435 e. The molecule has 40 heavy (non-hydrogen) atoms. The van der Waals surface area contributed by atoms with Crippen molar-refractivity contribution in [2.75, 3.05) is 5.32 Å². The van der Waals surface area contributed by atoms with Crippen molar-refractivity contribution in [2.45, 2.75) is 56.5 Å². The topological polar surface area (TPSA) is 106 Å². The summed E-state index contributed by atoms with van der Waals surface area (Å²) in [5.41, 5.74) is 3.42. The summed E-state index contributed by atoms with van der Waals surface area (Å²) in [6.07, 6.45) is 4.31. The monoisotopic (exact) mass is 555 g/mol. The van der Waals surface area contributed by atoms with E-state index in [-0.39, 0.29) is 17.9 Å². The van der Waals surface area contributed by atoms with Crippen molar-refractivity contribution < 1.29 is 27.5 Å². The van der Waals surface area contributed by atoms with Gasteiger partial charge in [-0.05, 0) is 66.6 Å². The van der Waals surface area contributed by atoms with E-state index in [0.29, 0.717) is 36.0 Å². The van der Waals surface area contributed by atoms with Crippen LogP contribution in [0.4, 0.5) is 23.2 Å². The zero-order chi connectivity index (χ0) is 28.5. The van der Waals surface area contributed by atoms with Crippen molar-refractivity contribution in [3.8, 4) is 5.69 Å². The quantitative estimate of drug-likeness (QED) is 0.303. The molecule has 3 aromatic rings. The van der Waals surface area contributed by atoms with Gasteiger partial charge in [0.1, 0.15) is 17.1 Å². The Morgan fingerprint density at radius 3 is 2.62 bits per heavy atom. The Bertz CT molecular complexity index is 1460. The molecule has 210 valence electrons. The van der Waals surface area contributed by atoms with Gasteiger partial charge in [-0.3, -0.25) is 9.79 Å². The molecule has 2 aromatic carbocycles. The summed E-state index contributed by atoms with van der Waals surface area (Å²) in [6, 6.07) is 10.3. The molecule has 7 nitrogen and oxygen atoms in total. The number of alkyl halides is 3. The van der Waals surface area contributed by atoms with Crippen LogP contribution in [0.2, 0.25) is 0 Å². The molecule has 0 bridgehead atoms. The van der Waals surface area contributed by atoms with Crippen LogP contribution >= 0.6 is 0 Å². The van der Waals surface area contributed by atoms with Crippen molar-refractivity contribution in [3.63, 3.8) is 0 Å². The van der Waals surface area contributed by atoms with Crippen LogP contribution in [0.3, 0.4) is 0 Å². The van der Waals surface area contributed by atoms with E-state index in [1.54, 1.807) is 24.4 Å². The van der Waals surface area contributed by atoms with Gasteiger partial charge in [-0.25, -0.2) is 9.07 Å². The number of aliphatic hydroxyl groups is 1. The van der Waals surface area contributed by atoms with E-state index < -0.39 is 40.9 Å². The average Bonchev–Trinajstić information content (AvgIpc) is 3.67. The van der Waals surface area contributed by atoms with Crippen LogP contribution in [0.25, 0.3) is 5.69 Å². The first-order valence-corrected chi connectivity index (χ1v) is 13.1. The number of carbonyl (C=O) groups is 1. The smallest absolute Gasteiger partial charge is 0.383 e. The Hall–Kier alpha value is -3.83. The van der Waals surface area contributed by atoms with Gasteiger partial charge in [0.15, 0.2) is 5.69 Å². The highest BCUT2D eigenvalue weighted by atomic mass is 19.4. The van der Waals surface area contributed by atoms with Crippen LogP contribution in [-0.4, -0.2) is 33.1 Å². The second-order valence-electron chi connectivity index (χ2n) is 10.2. The van der Waals surface area contributed by atoms with E-state index in [2.05, 4.69) is 15.4 Å². The number of aliphatic imine (C=N–C) groups is 1. The Kier molecular flexibility index (Phi) is 7.61. The minimum Gasteiger partial charge on any atom is -0.383 e. The van der Waals surface area contributed by atoms with Gasteiger partial charge < -0.3 is 16.2 Å². The lowest BCUT2D eigenvalue weighted by atomic mass is 9.80. The normalized spacial score (nSPS) is 18.5. The number of nitrogens with one attached hydrogen (secondary N) is 1. The summed E-state index contributed by atoms with van der Waals surface area (Å²) in [5.74, 6) is -1.28. The first kappa shape index (κ1) is 27.7. The van der Waals surface area contributed by atoms with E-state index in [1.165, 1.54) is 24.3 Å². The number of hydrogen-bond donors (Lipinski definition) is 3. The van der Waals surface area contributed by atoms with Gasteiger partial charge in [0.2, 0.25) is 0 Å². The maximum atomic E-state index is 15.0. The zero-order valence-electron chi connectivity index (χ0n) is 21.5. The fourth-order valence-electron chi connectivity index (χ4n) is 4.91. The summed E-state index contributed by atoms with van der Waals surface area (Å²) in [6.45, 7) is 0.130. The lowest BCUT2D eigenvalue weighted by Gasteiger charge is -2.35. The first-order valence-electron chi connectivity index (χ1n) is 13.1. The number of carbonyl (C=O) groups excluding carboxylic acids is 1. The number of anilines is 1. The molecule has 2 atom stereocenters. The number of rotatable bonds is 9. The lowest BCUT2D eigenvalue weighted by Crippen LogP contribution is -2.39. The molecule has 0 saturated heterocycles. The molecule has 1 fully saturated rings. The number of aromatic nitrogens is 2. The van der Waals surface area contributed by atoms with E-state index in [1.807, 2.05) is 6.08 Å². The molecule has 1 aliphatic heterocycles. The molecule has 0 spiro atoms. The highest BCUT2D eigenvalue weighted by Gasteiger charge is 2.40. The predicted molar refractivity (Wildman–Crippen MR) is 143 cm³/mol. The Morgan fingerprint density at radius 1 is 1.15 bits per heavy atom. The molecule has 1 amide bonds. The molecular formula is C29H29F4N5O2. The Morgan fingerprint density at radius 2 is 1.95 bits per heavy atom. The van der Waals surface area contributed by atoms with Crippen LogP contribution in [0, 0.1) is 11.7 Å². The SMILES string of the molecule is NCc1cccc(-n2nc(C(F)(F)F)cc2C(=O)Nc2cc(C(O)(CCC3CC3)C3CC=CC=N3)ccc2F)c1. The molecule has 11 heteroatoms. The van der Waals surface area contributed by atoms with E-state index in [4.69, 9.17) is 5.73 Å². The number of hydrogen-bond acceptors (Lipinski definition) is 5. The summed E-state index contributed by atoms with van der Waals surface area (Å²) in [7, 11) is 0. The predicted octanol–water partition coefficient (Wildman–Crippen LogP) is 5.52. The lowest BCUT2D eigenvalue weighted by molar-refractivity contribution is -0.141. The second kappa shape index (κ2) is 11.0. The van der Waals surface area contributed by atoms with E-state index in [9.17, 15) is 27.5 Å². The third-order valence-electron chi connectivity index (χ3n) is 7.37. The van der Waals surface area contributed by atoms with Crippen molar-refractivity contribution in [3.05, 3.63) is 89.0 Å². The van der Waals surface area contributed by atoms with Gasteiger partial charge >= 0.3 is 6.18 Å². The minimum absolute atomic E-state index is 0.130. The fourth-order valence-corrected chi connectivity index (χ4v) is 4.91. The largest absolute Gasteiger partial charge is 0.435 e. The molecule has 1 aliphatic carbocycles. The molecule has 2 aliphatic rings. The van der Waals surface area contributed by atoms with Gasteiger partial charge in [-0.15, -0.1) is 0 Å². The number of halogens is 4. The van der Waals surface area contributed by atoms with Crippen molar-refractivity contribution in [1.82, 2.24) is 9.78 Å². The van der Waals surface area contributed by atoms with Crippen LogP contribution in [0.1, 0.15) is 59.4 Å². The highest BCUT2D eigenvalue weighted by Crippen LogP contribution is 2.42. The van der Waals surface area contributed by atoms with Crippen LogP contribution in [0.5, 0.6) is 0 Å². The Labute approximate surface area is 228 Å². The summed E-state index contributed by atoms with van der Waals surface area (Å²) >= 11 is 0. The van der Waals surface area contributed by atoms with Gasteiger partial charge in [-0.2, -0.15) is 18.3 Å². The number of benzene rings is 2. The average molecular weight is 556 g/mol. The Balaban J connectivity index is 1.49. The van der Waals surface area contributed by atoms with Crippen LogP contribution < -0.4 is 11.1 Å². The van der Waals surface area contributed by atoms with Crippen LogP contribution in [-0.2, 0) is 18.3 Å². The zero-order valence-corrected chi connectivity index (χ0v) is 21.5. The highest BCUT2D eigenvalue weighted by molar-refractivity contribution is 6.03. The van der Waals surface area contributed by atoms with Crippen molar-refractivity contribution in [2.24, 2.45) is 16.6 Å². The number of amides is 1. The van der Waals surface area contributed by atoms with Gasteiger partial charge in [0.05, 0.1) is 17.4 Å². The number of nitrogens with zero attached hydrogens (tertiary/aromatic N) is 3. The molecule has 2 unspecified atom stereocenters. The number of nitrogens with two attached hydrogens (primary N) is 1. The maximum absolute atomic E-state index is 15.0. The summed E-state index contributed by atoms with van der Waals surface area (Å²) < 4.78 is 56.5. The van der Waals surface area contributed by atoms with Crippen molar-refractivity contribution in [1.29, 1.82) is 0 Å². The standard InChI is InChI=1S/C29H29F4N5O2/c30-22-10-9-20(28(40,12-11-18-7-8-18)25-6-1-2-13-35-25)15-23(22)36-27(39)24-16-26(29(31,32)33)37-38(24)21-5-3-4-19(14-21)17-34/h1-5,9-10,13-16,18,25,40H,6-8,11-12,17,34H2,(H,36,39). The molecule has 1 aromatic heterocycles. The van der Waals surface area contributed by atoms with Gasteiger partial charge in [0, 0.05) is 18.8 Å². The fraction of sp³-hybridized carbons (Fsp3) is 0.345. The third kappa shape index (κ3) is 5.85. The molecule has 1 saturated carbocycles. The molecule has 5 rings (SSSR count). The molecule has 0 radical (unpaired) electrons. The van der Waals surface area contributed by atoms with E-state index >= 15 is 0 Å². The minimum atomic E-state index is -4.82. The molecule has 4 N–H and O–H groups in total. The van der Waals surface area contributed by atoms with Crippen LogP contribution in [0.15, 0.2) is 65.7 Å². The summed E-state index contributed by atoms with van der Waals surface area (Å²) in [5, 5.41) is 17.9. The molecule has 2 heterocycles. The number of allylic oxidation sites excluding steroid dienone is 1. The first-order chi connectivity index (χ1) is 19.1. The van der Waals surface area contributed by atoms with Crippen molar-refractivity contribution >= 4 is 17.8 Å². The molecular weight excluding hydrogens is 526 g/mol. The summed E-state index contributed by atoms with van der Waals surface area (Å²) in [4.78, 5) is 17.8. The number of dihydropyridines is 1. The van der Waals surface area contributed by atoms with Gasteiger partial charge in [-0.1, -0.05) is 37.1 Å². The van der Waals surface area contributed by atoms with Gasteiger partial charge in [0.25, 0.3) is 5.91 Å². The third-order valence-corrected chi connectivity index (χ3v) is 7.37. The second-order valence-corrected chi connectivity index (χ2v) is 10.2.